The first kappa shape index (κ1) is 20.0. The van der Waals surface area contributed by atoms with Crippen LogP contribution in [-0.4, -0.2) is 54.4 Å². The molecule has 5 heteroatoms. The number of halogens is 1. The molecule has 1 N–H and O–H groups in total. The number of hydrogen-bond donors (Lipinski definition) is 1. The molecule has 1 aliphatic rings. The summed E-state index contributed by atoms with van der Waals surface area (Å²) >= 11 is 6.00. The number of benzene rings is 2. The number of rotatable bonds is 6. The van der Waals surface area contributed by atoms with Crippen LogP contribution in [0.2, 0.25) is 5.02 Å². The predicted molar refractivity (Wildman–Crippen MR) is 112 cm³/mol. The van der Waals surface area contributed by atoms with Gasteiger partial charge in [0.25, 0.3) is 0 Å². The van der Waals surface area contributed by atoms with Gasteiger partial charge in [-0.15, -0.1) is 0 Å². The van der Waals surface area contributed by atoms with Crippen LogP contribution in [0.15, 0.2) is 48.5 Å². The van der Waals surface area contributed by atoms with E-state index in [1.807, 2.05) is 43.3 Å². The van der Waals surface area contributed by atoms with Gasteiger partial charge in [0.05, 0.1) is 0 Å². The summed E-state index contributed by atoms with van der Waals surface area (Å²) in [5.74, 6) is 0.799. The molecule has 0 aliphatic carbocycles. The summed E-state index contributed by atoms with van der Waals surface area (Å²) in [6.07, 6.45) is -0.515. The summed E-state index contributed by atoms with van der Waals surface area (Å²) in [6, 6.07) is 16.6. The van der Waals surface area contributed by atoms with Crippen molar-refractivity contribution >= 4 is 17.3 Å². The second-order valence-electron chi connectivity index (χ2n) is 7.55. The molecule has 0 amide bonds. The molecule has 1 aliphatic heterocycles. The molecule has 3 atom stereocenters. The average molecular weight is 389 g/mol. The van der Waals surface area contributed by atoms with Crippen molar-refractivity contribution in [3.63, 3.8) is 0 Å². The third-order valence-corrected chi connectivity index (χ3v) is 5.43. The number of hydrogen-bond acceptors (Lipinski definition) is 4. The summed E-state index contributed by atoms with van der Waals surface area (Å²) < 4.78 is 5.74. The second kappa shape index (κ2) is 8.96. The van der Waals surface area contributed by atoms with E-state index in [0.717, 1.165) is 23.9 Å². The molecule has 2 aromatic rings. The maximum absolute atomic E-state index is 10.5. The van der Waals surface area contributed by atoms with Gasteiger partial charge in [0.15, 0.2) is 0 Å². The largest absolute Gasteiger partial charge is 0.491 e. The first-order valence-corrected chi connectivity index (χ1v) is 9.94. The molecule has 0 saturated carbocycles. The molecule has 27 heavy (non-hydrogen) atoms. The lowest BCUT2D eigenvalue weighted by molar-refractivity contribution is 0.0318. The maximum atomic E-state index is 10.5. The van der Waals surface area contributed by atoms with Crippen molar-refractivity contribution in [1.29, 1.82) is 0 Å². The van der Waals surface area contributed by atoms with Gasteiger partial charge >= 0.3 is 0 Å². The molecule has 1 fully saturated rings. The van der Waals surface area contributed by atoms with Crippen LogP contribution in [0.1, 0.15) is 19.4 Å². The average Bonchev–Trinajstić information content (AvgIpc) is 2.64. The highest BCUT2D eigenvalue weighted by molar-refractivity contribution is 6.30. The Labute approximate surface area is 167 Å². The van der Waals surface area contributed by atoms with Gasteiger partial charge in [-0.05, 0) is 57.2 Å². The minimum absolute atomic E-state index is 0.305. The first-order chi connectivity index (χ1) is 12.9. The second-order valence-corrected chi connectivity index (χ2v) is 7.99. The fourth-order valence-corrected chi connectivity index (χ4v) is 3.83. The van der Waals surface area contributed by atoms with E-state index in [1.165, 1.54) is 11.3 Å². The highest BCUT2D eigenvalue weighted by Gasteiger charge is 2.30. The lowest BCUT2D eigenvalue weighted by Gasteiger charge is -2.46. The molecular formula is C22H29ClN2O2. The van der Waals surface area contributed by atoms with Gasteiger partial charge < -0.3 is 14.7 Å². The van der Waals surface area contributed by atoms with Crippen LogP contribution in [0.4, 0.5) is 5.69 Å². The number of piperazine rings is 1. The summed E-state index contributed by atoms with van der Waals surface area (Å²) in [7, 11) is 0. The summed E-state index contributed by atoms with van der Waals surface area (Å²) in [5, 5.41) is 11.2. The first-order valence-electron chi connectivity index (χ1n) is 9.56. The normalized spacial score (nSPS) is 21.9. The Bertz CT molecular complexity index is 708. The van der Waals surface area contributed by atoms with Gasteiger partial charge in [-0.25, -0.2) is 0 Å². The molecule has 0 radical (unpaired) electrons. The molecular weight excluding hydrogens is 360 g/mol. The quantitative estimate of drug-likeness (QED) is 0.811. The Morgan fingerprint density at radius 3 is 2.22 bits per heavy atom. The van der Waals surface area contributed by atoms with Crippen molar-refractivity contribution < 1.29 is 9.84 Å². The van der Waals surface area contributed by atoms with Gasteiger partial charge in [0, 0.05) is 42.4 Å². The van der Waals surface area contributed by atoms with Crippen LogP contribution in [-0.2, 0) is 0 Å². The fourth-order valence-electron chi connectivity index (χ4n) is 3.70. The van der Waals surface area contributed by atoms with Crippen LogP contribution in [0.25, 0.3) is 0 Å². The van der Waals surface area contributed by atoms with E-state index in [0.29, 0.717) is 25.2 Å². The van der Waals surface area contributed by atoms with Crippen molar-refractivity contribution in [2.75, 3.05) is 31.1 Å². The Morgan fingerprint density at radius 2 is 1.63 bits per heavy atom. The third-order valence-electron chi connectivity index (χ3n) is 5.18. The number of aliphatic hydroxyl groups excluding tert-OH is 1. The Hall–Kier alpha value is -1.75. The number of ether oxygens (including phenoxy) is 1. The Balaban J connectivity index is 1.52. The minimum Gasteiger partial charge on any atom is -0.491 e. The highest BCUT2D eigenvalue weighted by Crippen LogP contribution is 2.24. The van der Waals surface area contributed by atoms with E-state index >= 15 is 0 Å². The standard InChI is InChI=1S/C22H29ClN2O2/c1-16-4-10-22(11-5-16)27-15-21(26)14-25-17(2)12-24(13-18(25)3)20-8-6-19(23)7-9-20/h4-11,17-18,21,26H,12-15H2,1-3H3/t17?,18?,21-/m0/s1. The molecule has 146 valence electrons. The minimum atomic E-state index is -0.515. The Morgan fingerprint density at radius 1 is 1.04 bits per heavy atom. The van der Waals surface area contributed by atoms with Crippen LogP contribution in [0.3, 0.4) is 0 Å². The van der Waals surface area contributed by atoms with Crippen molar-refractivity contribution in [3.8, 4) is 5.75 Å². The summed E-state index contributed by atoms with van der Waals surface area (Å²) in [5.41, 5.74) is 2.39. The third kappa shape index (κ3) is 5.38. The van der Waals surface area contributed by atoms with Crippen LogP contribution >= 0.6 is 11.6 Å². The topological polar surface area (TPSA) is 35.9 Å². The maximum Gasteiger partial charge on any atom is 0.119 e. The van der Waals surface area contributed by atoms with Crippen molar-refractivity contribution in [1.82, 2.24) is 4.90 Å². The number of anilines is 1. The fraction of sp³-hybridized carbons (Fsp3) is 0.455. The lowest BCUT2D eigenvalue weighted by Crippen LogP contribution is -2.58. The zero-order valence-electron chi connectivity index (χ0n) is 16.3. The monoisotopic (exact) mass is 388 g/mol. The van der Waals surface area contributed by atoms with Crippen LogP contribution in [0.5, 0.6) is 5.75 Å². The molecule has 3 rings (SSSR count). The van der Waals surface area contributed by atoms with E-state index in [1.54, 1.807) is 0 Å². The highest BCUT2D eigenvalue weighted by atomic mass is 35.5. The summed E-state index contributed by atoms with van der Waals surface area (Å²) in [6.45, 7) is 9.25. The molecule has 4 nitrogen and oxygen atoms in total. The van der Waals surface area contributed by atoms with E-state index in [4.69, 9.17) is 16.3 Å². The van der Waals surface area contributed by atoms with Gasteiger partial charge in [-0.1, -0.05) is 29.3 Å². The number of β-amino-alcohol motifs (C(OH)–C–C–N with tert-alkyl or cyclic N) is 1. The zero-order chi connectivity index (χ0) is 19.4. The van der Waals surface area contributed by atoms with Crippen molar-refractivity contribution in [2.24, 2.45) is 0 Å². The van der Waals surface area contributed by atoms with E-state index in [2.05, 4.69) is 35.8 Å². The molecule has 2 aromatic carbocycles. The van der Waals surface area contributed by atoms with Crippen molar-refractivity contribution in [3.05, 3.63) is 59.1 Å². The van der Waals surface area contributed by atoms with Gasteiger partial charge in [0.2, 0.25) is 0 Å². The van der Waals surface area contributed by atoms with Crippen molar-refractivity contribution in [2.45, 2.75) is 39.0 Å². The molecule has 0 bridgehead atoms. The molecule has 2 unspecified atom stereocenters. The van der Waals surface area contributed by atoms with E-state index in [9.17, 15) is 5.11 Å². The molecule has 0 aromatic heterocycles. The van der Waals surface area contributed by atoms with Crippen LogP contribution in [0, 0.1) is 6.92 Å². The van der Waals surface area contributed by atoms with E-state index < -0.39 is 6.10 Å². The number of aryl methyl sites for hydroxylation is 1. The van der Waals surface area contributed by atoms with E-state index in [-0.39, 0.29) is 0 Å². The number of nitrogens with zero attached hydrogens (tertiary/aromatic N) is 2. The van der Waals surface area contributed by atoms with Gasteiger partial charge in [0.1, 0.15) is 18.5 Å². The van der Waals surface area contributed by atoms with Gasteiger partial charge in [-0.3, -0.25) is 4.90 Å². The summed E-state index contributed by atoms with van der Waals surface area (Å²) in [4.78, 5) is 4.76. The zero-order valence-corrected chi connectivity index (χ0v) is 17.1. The molecule has 1 saturated heterocycles. The van der Waals surface area contributed by atoms with Crippen LogP contribution < -0.4 is 9.64 Å². The SMILES string of the molecule is Cc1ccc(OC[C@@H](O)CN2C(C)CN(c3ccc(Cl)cc3)CC2C)cc1. The molecule has 1 heterocycles. The number of aliphatic hydroxyl groups is 1. The molecule has 0 spiro atoms. The lowest BCUT2D eigenvalue weighted by atomic mass is 10.1. The van der Waals surface area contributed by atoms with Gasteiger partial charge in [-0.2, -0.15) is 0 Å². The smallest absolute Gasteiger partial charge is 0.119 e. The Kier molecular flexibility index (Phi) is 6.64. The predicted octanol–water partition coefficient (Wildman–Crippen LogP) is 3.99.